The van der Waals surface area contributed by atoms with Crippen molar-refractivity contribution in [2.75, 3.05) is 0 Å². The van der Waals surface area contributed by atoms with Crippen molar-refractivity contribution in [3.8, 4) is 0 Å². The average molecular weight is 240 g/mol. The van der Waals surface area contributed by atoms with Crippen LogP contribution in [0.5, 0.6) is 0 Å². The average Bonchev–Trinajstić information content (AvgIpc) is 2.65. The number of hydrogen-bond acceptors (Lipinski definition) is 3. The van der Waals surface area contributed by atoms with Gasteiger partial charge in [-0.2, -0.15) is 0 Å². The molecule has 0 radical (unpaired) electrons. The van der Waals surface area contributed by atoms with Gasteiger partial charge < -0.3 is 5.11 Å². The molecule has 2 nitrogen and oxygen atoms in total. The highest BCUT2D eigenvalue weighted by atomic mass is 35.5. The van der Waals surface area contributed by atoms with Crippen LogP contribution in [0.2, 0.25) is 5.02 Å². The van der Waals surface area contributed by atoms with Gasteiger partial charge in [-0.15, -0.1) is 11.3 Å². The van der Waals surface area contributed by atoms with Crippen LogP contribution in [0.4, 0.5) is 0 Å². The Morgan fingerprint density at radius 3 is 2.73 bits per heavy atom. The molecule has 0 aliphatic carbocycles. The molecule has 0 aliphatic rings. The highest BCUT2D eigenvalue weighted by molar-refractivity contribution is 7.09. The van der Waals surface area contributed by atoms with Gasteiger partial charge in [-0.1, -0.05) is 29.8 Å². The van der Waals surface area contributed by atoms with Gasteiger partial charge in [-0.25, -0.2) is 4.98 Å². The summed E-state index contributed by atoms with van der Waals surface area (Å²) in [5.41, 5.74) is 1.36. The number of aryl methyl sites for hydroxylation is 1. The van der Waals surface area contributed by atoms with Crippen LogP contribution in [-0.2, 0) is 0 Å². The molecule has 0 bridgehead atoms. The van der Waals surface area contributed by atoms with Crippen molar-refractivity contribution in [2.45, 2.75) is 13.0 Å². The smallest absolute Gasteiger partial charge is 0.123 e. The third-order valence-electron chi connectivity index (χ3n) is 2.12. The van der Waals surface area contributed by atoms with Gasteiger partial charge in [-0.3, -0.25) is 0 Å². The largest absolute Gasteiger partial charge is 0.382 e. The maximum Gasteiger partial charge on any atom is 0.123 e. The van der Waals surface area contributed by atoms with E-state index >= 15 is 0 Å². The summed E-state index contributed by atoms with van der Waals surface area (Å²) in [6.45, 7) is 1.91. The molecule has 1 atom stereocenters. The number of rotatable bonds is 2. The summed E-state index contributed by atoms with van der Waals surface area (Å²) in [7, 11) is 0. The molecule has 1 N–H and O–H groups in total. The van der Waals surface area contributed by atoms with E-state index in [-0.39, 0.29) is 0 Å². The Morgan fingerprint density at radius 1 is 1.40 bits per heavy atom. The van der Waals surface area contributed by atoms with Gasteiger partial charge in [0.2, 0.25) is 0 Å². The first-order chi connectivity index (χ1) is 7.18. The second-order valence-corrected chi connectivity index (χ2v) is 4.68. The van der Waals surface area contributed by atoms with Gasteiger partial charge in [-0.05, 0) is 13.0 Å². The number of aliphatic hydroxyl groups excluding tert-OH is 1. The molecule has 1 heterocycles. The lowest BCUT2D eigenvalue weighted by Gasteiger charge is -2.09. The minimum Gasteiger partial charge on any atom is -0.382 e. The fourth-order valence-corrected chi connectivity index (χ4v) is 2.23. The molecule has 78 valence electrons. The van der Waals surface area contributed by atoms with E-state index in [1.165, 1.54) is 11.3 Å². The van der Waals surface area contributed by atoms with E-state index < -0.39 is 6.10 Å². The standard InChI is InChI=1S/C11H10ClNOS/c1-7-13-10(6-15-7)11(14)8-4-2-3-5-9(8)12/h2-6,11,14H,1H3. The van der Waals surface area contributed by atoms with Crippen molar-refractivity contribution in [2.24, 2.45) is 0 Å². The minimum atomic E-state index is -0.733. The summed E-state index contributed by atoms with van der Waals surface area (Å²) in [4.78, 5) is 4.24. The summed E-state index contributed by atoms with van der Waals surface area (Å²) < 4.78 is 0. The predicted octanol–water partition coefficient (Wildman–Crippen LogP) is 3.19. The molecule has 1 aromatic carbocycles. The zero-order valence-corrected chi connectivity index (χ0v) is 9.72. The molecule has 2 aromatic rings. The highest BCUT2D eigenvalue weighted by Gasteiger charge is 2.15. The van der Waals surface area contributed by atoms with E-state index in [9.17, 15) is 5.11 Å². The second-order valence-electron chi connectivity index (χ2n) is 3.22. The summed E-state index contributed by atoms with van der Waals surface area (Å²) >= 11 is 7.51. The fraction of sp³-hybridized carbons (Fsp3) is 0.182. The Balaban J connectivity index is 2.36. The van der Waals surface area contributed by atoms with E-state index in [0.29, 0.717) is 16.3 Å². The predicted molar refractivity (Wildman–Crippen MR) is 62.4 cm³/mol. The number of nitrogens with zero attached hydrogens (tertiary/aromatic N) is 1. The summed E-state index contributed by atoms with van der Waals surface area (Å²) in [6, 6.07) is 7.26. The molecular weight excluding hydrogens is 230 g/mol. The van der Waals surface area contributed by atoms with Crippen molar-refractivity contribution in [3.05, 3.63) is 50.9 Å². The number of hydrogen-bond donors (Lipinski definition) is 1. The van der Waals surface area contributed by atoms with Crippen LogP contribution in [0, 0.1) is 6.92 Å². The van der Waals surface area contributed by atoms with Crippen molar-refractivity contribution in [1.82, 2.24) is 4.98 Å². The third-order valence-corrected chi connectivity index (χ3v) is 3.25. The monoisotopic (exact) mass is 239 g/mol. The molecule has 0 saturated heterocycles. The molecular formula is C11H10ClNOS. The van der Waals surface area contributed by atoms with Crippen LogP contribution in [0.3, 0.4) is 0 Å². The van der Waals surface area contributed by atoms with Crippen molar-refractivity contribution >= 4 is 22.9 Å². The maximum absolute atomic E-state index is 10.0. The van der Waals surface area contributed by atoms with Crippen molar-refractivity contribution in [1.29, 1.82) is 0 Å². The summed E-state index contributed by atoms with van der Waals surface area (Å²) in [5, 5.41) is 13.4. The first-order valence-electron chi connectivity index (χ1n) is 4.53. The lowest BCUT2D eigenvalue weighted by atomic mass is 10.1. The van der Waals surface area contributed by atoms with Crippen LogP contribution in [-0.4, -0.2) is 10.1 Å². The van der Waals surface area contributed by atoms with Crippen LogP contribution in [0.1, 0.15) is 22.4 Å². The first kappa shape index (κ1) is 10.6. The SMILES string of the molecule is Cc1nc(C(O)c2ccccc2Cl)cs1. The Bertz CT molecular complexity index is 469. The van der Waals surface area contributed by atoms with E-state index in [1.54, 1.807) is 6.07 Å². The molecule has 1 aromatic heterocycles. The van der Waals surface area contributed by atoms with E-state index in [0.717, 1.165) is 5.01 Å². The molecule has 15 heavy (non-hydrogen) atoms. The van der Waals surface area contributed by atoms with E-state index in [2.05, 4.69) is 4.98 Å². The van der Waals surface area contributed by atoms with Gasteiger partial charge in [0.1, 0.15) is 6.10 Å². The zero-order chi connectivity index (χ0) is 10.8. The Kier molecular flexibility index (Phi) is 3.05. The molecule has 1 unspecified atom stereocenters. The normalized spacial score (nSPS) is 12.7. The topological polar surface area (TPSA) is 33.1 Å². The van der Waals surface area contributed by atoms with Crippen molar-refractivity contribution in [3.63, 3.8) is 0 Å². The fourth-order valence-electron chi connectivity index (χ4n) is 1.36. The molecule has 0 aliphatic heterocycles. The Labute approximate surface area is 97.2 Å². The van der Waals surface area contributed by atoms with Gasteiger partial charge in [0.15, 0.2) is 0 Å². The highest BCUT2D eigenvalue weighted by Crippen LogP contribution is 2.28. The Hall–Kier alpha value is -0.900. The van der Waals surface area contributed by atoms with Gasteiger partial charge in [0.25, 0.3) is 0 Å². The number of halogens is 1. The molecule has 0 amide bonds. The molecule has 4 heteroatoms. The molecule has 2 rings (SSSR count). The van der Waals surface area contributed by atoms with Crippen LogP contribution in [0.15, 0.2) is 29.6 Å². The number of aromatic nitrogens is 1. The Morgan fingerprint density at radius 2 is 2.13 bits per heavy atom. The number of aliphatic hydroxyl groups is 1. The number of thiazole rings is 1. The third kappa shape index (κ3) is 2.20. The van der Waals surface area contributed by atoms with Gasteiger partial charge >= 0.3 is 0 Å². The number of benzene rings is 1. The summed E-state index contributed by atoms with van der Waals surface area (Å²) in [6.07, 6.45) is -0.733. The van der Waals surface area contributed by atoms with Gasteiger partial charge in [0.05, 0.1) is 10.7 Å². The lowest BCUT2D eigenvalue weighted by Crippen LogP contribution is -2.00. The zero-order valence-electron chi connectivity index (χ0n) is 8.14. The second kappa shape index (κ2) is 4.31. The first-order valence-corrected chi connectivity index (χ1v) is 5.79. The lowest BCUT2D eigenvalue weighted by molar-refractivity contribution is 0.216. The minimum absolute atomic E-state index is 0.565. The van der Waals surface area contributed by atoms with Crippen LogP contribution >= 0.6 is 22.9 Å². The molecule has 0 spiro atoms. The van der Waals surface area contributed by atoms with Crippen LogP contribution in [0.25, 0.3) is 0 Å². The maximum atomic E-state index is 10.0. The molecule has 0 fully saturated rings. The van der Waals surface area contributed by atoms with Crippen molar-refractivity contribution < 1.29 is 5.11 Å². The van der Waals surface area contributed by atoms with E-state index in [1.807, 2.05) is 30.5 Å². The summed E-state index contributed by atoms with van der Waals surface area (Å²) in [5.74, 6) is 0. The molecule has 0 saturated carbocycles. The van der Waals surface area contributed by atoms with Crippen LogP contribution < -0.4 is 0 Å². The van der Waals surface area contributed by atoms with Gasteiger partial charge in [0, 0.05) is 16.0 Å². The van der Waals surface area contributed by atoms with E-state index in [4.69, 9.17) is 11.6 Å². The quantitative estimate of drug-likeness (QED) is 0.873.